The van der Waals surface area contributed by atoms with Crippen LogP contribution >= 0.6 is 0 Å². The largest absolute Gasteiger partial charge is 0.497 e. The van der Waals surface area contributed by atoms with Gasteiger partial charge in [0, 0.05) is 12.2 Å². The van der Waals surface area contributed by atoms with Gasteiger partial charge in [-0.2, -0.15) is 0 Å². The zero-order valence-electron chi connectivity index (χ0n) is 15.3. The van der Waals surface area contributed by atoms with Crippen molar-refractivity contribution in [2.45, 2.75) is 6.92 Å². The Bertz CT molecular complexity index is 857. The number of rotatable bonds is 3. The van der Waals surface area contributed by atoms with E-state index in [1.54, 1.807) is 7.11 Å². The average Bonchev–Trinajstić information content (AvgIpc) is 2.64. The summed E-state index contributed by atoms with van der Waals surface area (Å²) in [7, 11) is 5.81. The van der Waals surface area contributed by atoms with Gasteiger partial charge in [-0.25, -0.2) is 4.58 Å². The third-order valence-electron chi connectivity index (χ3n) is 4.39. The Balaban J connectivity index is 2.14. The Morgan fingerprint density at radius 3 is 1.76 bits per heavy atom. The third-order valence-corrected chi connectivity index (χ3v) is 4.39. The molecule has 0 fully saturated rings. The van der Waals surface area contributed by atoms with Gasteiger partial charge < -0.3 is 4.74 Å². The molecule has 0 heterocycles. The molecule has 3 rings (SSSR count). The molecule has 25 heavy (non-hydrogen) atoms. The molecule has 0 atom stereocenters. The van der Waals surface area contributed by atoms with E-state index in [-0.39, 0.29) is 0 Å². The molecule has 0 bridgehead atoms. The zero-order chi connectivity index (χ0) is 17.8. The highest BCUT2D eigenvalue weighted by molar-refractivity contribution is 6.03. The summed E-state index contributed by atoms with van der Waals surface area (Å²) in [6.45, 7) is 2.11. The fraction of sp³-hybridized carbons (Fsp3) is 0.174. The van der Waals surface area contributed by atoms with Crippen molar-refractivity contribution in [3.8, 4) is 5.75 Å². The lowest BCUT2D eigenvalue weighted by Crippen LogP contribution is -2.10. The summed E-state index contributed by atoms with van der Waals surface area (Å²) in [6.07, 6.45) is 8.70. The lowest BCUT2D eigenvalue weighted by molar-refractivity contribution is -0.462. The normalized spacial score (nSPS) is 13.1. The van der Waals surface area contributed by atoms with Crippen molar-refractivity contribution in [1.29, 1.82) is 0 Å². The summed E-state index contributed by atoms with van der Waals surface area (Å²) in [5.41, 5.74) is 7.30. The second kappa shape index (κ2) is 7.35. The van der Waals surface area contributed by atoms with Crippen molar-refractivity contribution >= 4 is 11.3 Å². The topological polar surface area (TPSA) is 12.2 Å². The standard InChI is InChI=1S/C23H24NO/c1-17-5-7-18(8-6-17)23(20-11-15-22(25-4)16-12-20)19-9-13-21(14-10-19)24(2)3/h5-16H,1-4H3/q+1. The molecule has 0 spiro atoms. The molecular formula is C23H24NO+. The molecule has 0 saturated carbocycles. The van der Waals surface area contributed by atoms with Crippen LogP contribution in [0.4, 0.5) is 0 Å². The van der Waals surface area contributed by atoms with Gasteiger partial charge in [-0.15, -0.1) is 0 Å². The van der Waals surface area contributed by atoms with Crippen molar-refractivity contribution in [2.75, 3.05) is 21.2 Å². The minimum absolute atomic E-state index is 0.870. The summed E-state index contributed by atoms with van der Waals surface area (Å²) < 4.78 is 7.42. The van der Waals surface area contributed by atoms with Gasteiger partial charge in [0.05, 0.1) is 7.11 Å². The molecule has 0 aliphatic heterocycles. The van der Waals surface area contributed by atoms with Crippen molar-refractivity contribution in [3.63, 3.8) is 0 Å². The lowest BCUT2D eigenvalue weighted by Gasteiger charge is -2.14. The maximum atomic E-state index is 5.30. The Hall–Kier alpha value is -2.87. The lowest BCUT2D eigenvalue weighted by atomic mass is 9.90. The van der Waals surface area contributed by atoms with Crippen molar-refractivity contribution < 1.29 is 9.31 Å². The number of hydrogen-bond acceptors (Lipinski definition) is 1. The van der Waals surface area contributed by atoms with Crippen molar-refractivity contribution in [3.05, 3.63) is 95.1 Å². The number of methoxy groups -OCH3 is 1. The first-order chi connectivity index (χ1) is 12.1. The fourth-order valence-electron chi connectivity index (χ4n) is 2.90. The molecule has 2 aromatic carbocycles. The number of hydrogen-bond donors (Lipinski definition) is 0. The molecule has 0 radical (unpaired) electrons. The third kappa shape index (κ3) is 3.80. The van der Waals surface area contributed by atoms with E-state index in [1.807, 2.05) is 12.1 Å². The second-order valence-electron chi connectivity index (χ2n) is 6.41. The summed E-state index contributed by atoms with van der Waals surface area (Å²) in [6, 6.07) is 17.0. The maximum absolute atomic E-state index is 5.30. The van der Waals surface area contributed by atoms with Crippen LogP contribution in [-0.2, 0) is 0 Å². The van der Waals surface area contributed by atoms with E-state index < -0.39 is 0 Å². The van der Waals surface area contributed by atoms with Crippen molar-refractivity contribution in [2.24, 2.45) is 0 Å². The van der Waals surface area contributed by atoms with Crippen LogP contribution in [0.5, 0.6) is 5.75 Å². The number of benzene rings is 2. The first-order valence-electron chi connectivity index (χ1n) is 8.44. The van der Waals surface area contributed by atoms with E-state index >= 15 is 0 Å². The molecule has 0 aromatic heterocycles. The molecule has 0 saturated heterocycles. The maximum Gasteiger partial charge on any atom is 0.199 e. The van der Waals surface area contributed by atoms with Crippen LogP contribution < -0.4 is 4.74 Å². The monoisotopic (exact) mass is 330 g/mol. The van der Waals surface area contributed by atoms with E-state index in [9.17, 15) is 0 Å². The molecule has 2 heteroatoms. The predicted octanol–water partition coefficient (Wildman–Crippen LogP) is 4.64. The second-order valence-corrected chi connectivity index (χ2v) is 6.41. The quantitative estimate of drug-likeness (QED) is 0.747. The van der Waals surface area contributed by atoms with E-state index in [1.165, 1.54) is 33.5 Å². The fourth-order valence-corrected chi connectivity index (χ4v) is 2.90. The smallest absolute Gasteiger partial charge is 0.199 e. The van der Waals surface area contributed by atoms with Gasteiger partial charge in [0.2, 0.25) is 0 Å². The number of aryl methyl sites for hydroxylation is 1. The summed E-state index contributed by atoms with van der Waals surface area (Å²) in [4.78, 5) is 0. The highest BCUT2D eigenvalue weighted by Crippen LogP contribution is 2.30. The van der Waals surface area contributed by atoms with Gasteiger partial charge >= 0.3 is 0 Å². The predicted molar refractivity (Wildman–Crippen MR) is 106 cm³/mol. The van der Waals surface area contributed by atoms with Crippen LogP contribution in [0, 0.1) is 6.92 Å². The summed E-state index contributed by atoms with van der Waals surface area (Å²) >= 11 is 0. The van der Waals surface area contributed by atoms with Crippen LogP contribution in [0.3, 0.4) is 0 Å². The van der Waals surface area contributed by atoms with Crippen LogP contribution in [0.1, 0.15) is 16.7 Å². The SMILES string of the molecule is COc1ccc(C(=C2C=CC(=[N+](C)C)C=C2)c2ccc(C)cc2)cc1. The minimum atomic E-state index is 0.870. The number of ether oxygens (including phenoxy) is 1. The van der Waals surface area contributed by atoms with E-state index in [0.29, 0.717) is 0 Å². The zero-order valence-corrected chi connectivity index (χ0v) is 15.3. The van der Waals surface area contributed by atoms with Crippen LogP contribution in [0.25, 0.3) is 5.57 Å². The average molecular weight is 330 g/mol. The highest BCUT2D eigenvalue weighted by atomic mass is 16.5. The van der Waals surface area contributed by atoms with E-state index in [2.05, 4.69) is 86.3 Å². The van der Waals surface area contributed by atoms with Crippen LogP contribution in [-0.4, -0.2) is 31.5 Å². The van der Waals surface area contributed by atoms with Gasteiger partial charge in [0.1, 0.15) is 19.8 Å². The highest BCUT2D eigenvalue weighted by Gasteiger charge is 2.13. The first kappa shape index (κ1) is 17.0. The summed E-state index contributed by atoms with van der Waals surface area (Å²) in [5, 5.41) is 0. The Kier molecular flexibility index (Phi) is 4.99. The molecule has 2 aromatic rings. The van der Waals surface area contributed by atoms with Gasteiger partial charge in [-0.1, -0.05) is 42.0 Å². The number of allylic oxidation sites excluding steroid dienone is 5. The van der Waals surface area contributed by atoms with E-state index in [4.69, 9.17) is 4.74 Å². The van der Waals surface area contributed by atoms with Crippen LogP contribution in [0.15, 0.2) is 78.4 Å². The Morgan fingerprint density at radius 2 is 1.28 bits per heavy atom. The minimum Gasteiger partial charge on any atom is -0.497 e. The van der Waals surface area contributed by atoms with Gasteiger partial charge in [0.15, 0.2) is 5.71 Å². The van der Waals surface area contributed by atoms with Gasteiger partial charge in [-0.3, -0.25) is 0 Å². The molecule has 0 unspecified atom stereocenters. The molecule has 2 nitrogen and oxygen atoms in total. The first-order valence-corrected chi connectivity index (χ1v) is 8.44. The molecule has 1 aliphatic carbocycles. The summed E-state index contributed by atoms with van der Waals surface area (Å²) in [5.74, 6) is 0.870. The number of nitrogens with zero attached hydrogens (tertiary/aromatic N) is 1. The molecule has 0 amide bonds. The van der Waals surface area contributed by atoms with Crippen LogP contribution in [0.2, 0.25) is 0 Å². The van der Waals surface area contributed by atoms with Crippen molar-refractivity contribution in [1.82, 2.24) is 0 Å². The molecular weight excluding hydrogens is 306 g/mol. The molecule has 0 N–H and O–H groups in total. The molecule has 126 valence electrons. The molecule has 1 aliphatic rings. The van der Waals surface area contributed by atoms with Gasteiger partial charge in [-0.05, 0) is 53.5 Å². The Labute approximate surface area is 150 Å². The Morgan fingerprint density at radius 1 is 0.760 bits per heavy atom. The van der Waals surface area contributed by atoms with Gasteiger partial charge in [0.25, 0.3) is 0 Å². The van der Waals surface area contributed by atoms with E-state index in [0.717, 1.165) is 5.75 Å².